The molecule has 0 amide bonds. The number of carbonyl (C=O) groups excluding carboxylic acids is 1. The third-order valence-electron chi connectivity index (χ3n) is 4.17. The number of aromatic nitrogens is 1. The maximum absolute atomic E-state index is 13.3. The Balaban J connectivity index is 2.02. The van der Waals surface area contributed by atoms with Crippen LogP contribution in [0.5, 0.6) is 0 Å². The fraction of sp³-hybridized carbons (Fsp3) is 0.412. The summed E-state index contributed by atoms with van der Waals surface area (Å²) in [7, 11) is 1.32. The van der Waals surface area contributed by atoms with Crippen molar-refractivity contribution in [2.75, 3.05) is 7.11 Å². The Bertz CT molecular complexity index is 723. The van der Waals surface area contributed by atoms with E-state index in [0.717, 1.165) is 25.7 Å². The van der Waals surface area contributed by atoms with Crippen molar-refractivity contribution in [2.45, 2.75) is 38.0 Å². The third kappa shape index (κ3) is 3.24. The van der Waals surface area contributed by atoms with Crippen LogP contribution in [0.25, 0.3) is 11.5 Å². The van der Waals surface area contributed by atoms with Gasteiger partial charge in [-0.15, -0.1) is 0 Å². The highest BCUT2D eigenvalue weighted by Gasteiger charge is 2.29. The average molecular weight is 338 g/mol. The van der Waals surface area contributed by atoms with Crippen molar-refractivity contribution in [1.29, 1.82) is 0 Å². The van der Waals surface area contributed by atoms with Gasteiger partial charge in [0.2, 0.25) is 5.89 Å². The van der Waals surface area contributed by atoms with E-state index in [1.54, 1.807) is 0 Å². The van der Waals surface area contributed by atoms with Crippen LogP contribution in [0.4, 0.5) is 4.39 Å². The quantitative estimate of drug-likeness (QED) is 0.742. The number of benzene rings is 1. The molecule has 1 heterocycles. The molecule has 122 valence electrons. The Morgan fingerprint density at radius 1 is 1.35 bits per heavy atom. The molecule has 6 heteroatoms. The first-order valence-electron chi connectivity index (χ1n) is 7.64. The van der Waals surface area contributed by atoms with E-state index in [-0.39, 0.29) is 22.5 Å². The van der Waals surface area contributed by atoms with Gasteiger partial charge < -0.3 is 9.15 Å². The van der Waals surface area contributed by atoms with Crippen LogP contribution in [0, 0.1) is 5.82 Å². The lowest BCUT2D eigenvalue weighted by molar-refractivity contribution is 0.0591. The van der Waals surface area contributed by atoms with Crippen molar-refractivity contribution >= 4 is 17.6 Å². The topological polar surface area (TPSA) is 52.3 Å². The van der Waals surface area contributed by atoms with Gasteiger partial charge in [0.05, 0.1) is 12.1 Å². The van der Waals surface area contributed by atoms with Crippen LogP contribution in [0.2, 0.25) is 5.02 Å². The minimum atomic E-state index is -0.520. The normalized spacial score (nSPS) is 15.6. The van der Waals surface area contributed by atoms with Crippen molar-refractivity contribution in [2.24, 2.45) is 0 Å². The largest absolute Gasteiger partial charge is 0.464 e. The van der Waals surface area contributed by atoms with E-state index in [0.29, 0.717) is 11.3 Å². The summed E-state index contributed by atoms with van der Waals surface area (Å²) in [6.45, 7) is 0. The van der Waals surface area contributed by atoms with E-state index in [1.165, 1.54) is 31.7 Å². The van der Waals surface area contributed by atoms with Gasteiger partial charge >= 0.3 is 5.97 Å². The summed E-state index contributed by atoms with van der Waals surface area (Å²) in [5.74, 6) is -0.0497. The Labute approximate surface area is 138 Å². The molecule has 1 fully saturated rings. The molecule has 4 nitrogen and oxygen atoms in total. The monoisotopic (exact) mass is 337 g/mol. The van der Waals surface area contributed by atoms with Crippen molar-refractivity contribution in [3.05, 3.63) is 40.5 Å². The lowest BCUT2D eigenvalue weighted by Gasteiger charge is -2.19. The molecule has 0 saturated heterocycles. The first-order valence-corrected chi connectivity index (χ1v) is 8.02. The lowest BCUT2D eigenvalue weighted by Crippen LogP contribution is -2.10. The molecular formula is C17H17ClFNO3. The fourth-order valence-electron chi connectivity index (χ4n) is 2.97. The molecule has 0 aliphatic heterocycles. The van der Waals surface area contributed by atoms with Crippen molar-refractivity contribution in [1.82, 2.24) is 4.98 Å². The number of carbonyl (C=O) groups is 1. The second kappa shape index (κ2) is 6.71. The molecule has 23 heavy (non-hydrogen) atoms. The molecule has 3 rings (SSSR count). The number of oxazole rings is 1. The highest BCUT2D eigenvalue weighted by Crippen LogP contribution is 2.37. The molecule has 0 radical (unpaired) electrons. The van der Waals surface area contributed by atoms with Crippen molar-refractivity contribution < 1.29 is 18.3 Å². The average Bonchev–Trinajstić information content (AvgIpc) is 3.03. The van der Waals surface area contributed by atoms with Crippen LogP contribution in [0.15, 0.2) is 22.6 Å². The Morgan fingerprint density at radius 2 is 2.09 bits per heavy atom. The van der Waals surface area contributed by atoms with E-state index >= 15 is 0 Å². The summed E-state index contributed by atoms with van der Waals surface area (Å²) >= 11 is 5.81. The molecule has 1 aliphatic carbocycles. The van der Waals surface area contributed by atoms with Gasteiger partial charge in [0.25, 0.3) is 0 Å². The van der Waals surface area contributed by atoms with Crippen LogP contribution in [-0.2, 0) is 4.74 Å². The number of methoxy groups -OCH3 is 1. The Kier molecular flexibility index (Phi) is 4.66. The molecule has 2 aromatic rings. The molecule has 1 aromatic carbocycles. The predicted octanol–water partition coefficient (Wildman–Crippen LogP) is 4.97. The van der Waals surface area contributed by atoms with Crippen molar-refractivity contribution in [3.63, 3.8) is 0 Å². The Morgan fingerprint density at radius 3 is 2.74 bits per heavy atom. The zero-order valence-corrected chi connectivity index (χ0v) is 13.5. The van der Waals surface area contributed by atoms with Gasteiger partial charge in [0, 0.05) is 11.5 Å². The minimum absolute atomic E-state index is 0.0143. The standard InChI is InChI=1S/C17H17ClFNO3/c1-22-17(21)14-15(10-5-3-2-4-6-10)23-16(20-14)11-7-8-13(19)12(18)9-11/h7-10H,2-6H2,1H3. The van der Waals surface area contributed by atoms with Crippen molar-refractivity contribution in [3.8, 4) is 11.5 Å². The summed E-state index contributed by atoms with van der Waals surface area (Å²) in [4.78, 5) is 16.3. The maximum Gasteiger partial charge on any atom is 0.360 e. The van der Waals surface area contributed by atoms with E-state index < -0.39 is 11.8 Å². The van der Waals surface area contributed by atoms with Crippen LogP contribution in [-0.4, -0.2) is 18.1 Å². The van der Waals surface area contributed by atoms with Gasteiger partial charge in [-0.2, -0.15) is 0 Å². The molecular weight excluding hydrogens is 321 g/mol. The van der Waals surface area contributed by atoms with Gasteiger partial charge in [-0.05, 0) is 31.0 Å². The second-order valence-corrected chi connectivity index (χ2v) is 6.09. The first-order chi connectivity index (χ1) is 11.1. The van der Waals surface area contributed by atoms with E-state index in [2.05, 4.69) is 4.98 Å². The molecule has 1 saturated carbocycles. The van der Waals surface area contributed by atoms with Gasteiger partial charge in [0.1, 0.15) is 11.6 Å². The number of halogens is 2. The van der Waals surface area contributed by atoms with Gasteiger partial charge in [-0.1, -0.05) is 30.9 Å². The van der Waals surface area contributed by atoms with Gasteiger partial charge in [0.15, 0.2) is 5.69 Å². The molecule has 0 spiro atoms. The number of esters is 1. The van der Waals surface area contributed by atoms with E-state index in [9.17, 15) is 9.18 Å². The summed E-state index contributed by atoms with van der Waals surface area (Å²) in [6, 6.07) is 4.22. The summed E-state index contributed by atoms with van der Waals surface area (Å²) in [5, 5.41) is -0.0143. The number of hydrogen-bond donors (Lipinski definition) is 0. The lowest BCUT2D eigenvalue weighted by atomic mass is 9.87. The first kappa shape index (κ1) is 16.0. The Hall–Kier alpha value is -1.88. The highest BCUT2D eigenvalue weighted by molar-refractivity contribution is 6.31. The van der Waals surface area contributed by atoms with E-state index in [1.807, 2.05) is 0 Å². The summed E-state index contributed by atoms with van der Waals surface area (Å²) in [6.07, 6.45) is 5.32. The second-order valence-electron chi connectivity index (χ2n) is 5.69. The maximum atomic E-state index is 13.3. The predicted molar refractivity (Wildman–Crippen MR) is 84.1 cm³/mol. The molecule has 0 bridgehead atoms. The van der Waals surface area contributed by atoms with Crippen LogP contribution in [0.3, 0.4) is 0 Å². The highest BCUT2D eigenvalue weighted by atomic mass is 35.5. The van der Waals surface area contributed by atoms with E-state index in [4.69, 9.17) is 20.8 Å². The smallest absolute Gasteiger partial charge is 0.360 e. The molecule has 1 aliphatic rings. The third-order valence-corrected chi connectivity index (χ3v) is 4.46. The fourth-order valence-corrected chi connectivity index (χ4v) is 3.15. The molecule has 1 aromatic heterocycles. The van der Waals surface area contributed by atoms with Crippen LogP contribution >= 0.6 is 11.6 Å². The molecule has 0 unspecified atom stereocenters. The molecule has 0 atom stereocenters. The number of rotatable bonds is 3. The number of nitrogens with zero attached hydrogens (tertiary/aromatic N) is 1. The number of hydrogen-bond acceptors (Lipinski definition) is 4. The van der Waals surface area contributed by atoms with Gasteiger partial charge in [-0.3, -0.25) is 0 Å². The zero-order chi connectivity index (χ0) is 16.4. The zero-order valence-electron chi connectivity index (χ0n) is 12.8. The summed E-state index contributed by atoms with van der Waals surface area (Å²) < 4.78 is 24.0. The van der Waals surface area contributed by atoms with Crippen LogP contribution < -0.4 is 0 Å². The number of ether oxygens (including phenoxy) is 1. The molecule has 0 N–H and O–H groups in total. The summed E-state index contributed by atoms with van der Waals surface area (Å²) in [5.41, 5.74) is 0.735. The SMILES string of the molecule is COC(=O)c1nc(-c2ccc(F)c(Cl)c2)oc1C1CCCCC1. The van der Waals surface area contributed by atoms with Crippen LogP contribution in [0.1, 0.15) is 54.3 Å². The van der Waals surface area contributed by atoms with Gasteiger partial charge in [-0.25, -0.2) is 14.2 Å². The minimum Gasteiger partial charge on any atom is -0.464 e.